The van der Waals surface area contributed by atoms with Crippen molar-refractivity contribution in [1.82, 2.24) is 0 Å². The number of halogens is 1. The zero-order valence-corrected chi connectivity index (χ0v) is 9.52. The highest BCUT2D eigenvalue weighted by Gasteiger charge is 2.00. The third-order valence-corrected chi connectivity index (χ3v) is 2.45. The van der Waals surface area contributed by atoms with Crippen LogP contribution < -0.4 is 5.32 Å². The lowest BCUT2D eigenvalue weighted by molar-refractivity contribution is 0.468. The molecule has 0 aliphatic carbocycles. The molecule has 2 N–H and O–H groups in total. The van der Waals surface area contributed by atoms with E-state index in [1.54, 1.807) is 24.3 Å². The fourth-order valence-corrected chi connectivity index (χ4v) is 1.60. The number of phenolic OH excluding ortho intramolecular Hbond substituents is 1. The van der Waals surface area contributed by atoms with Crippen LogP contribution in [0.1, 0.15) is 11.1 Å². The van der Waals surface area contributed by atoms with Gasteiger partial charge in [0, 0.05) is 18.3 Å². The Labute approximate surface area is 104 Å². The van der Waals surface area contributed by atoms with Gasteiger partial charge in [-0.1, -0.05) is 0 Å². The number of rotatable bonds is 3. The smallest absolute Gasteiger partial charge is 0.127 e. The van der Waals surface area contributed by atoms with E-state index >= 15 is 0 Å². The summed E-state index contributed by atoms with van der Waals surface area (Å²) in [6, 6.07) is 12.9. The van der Waals surface area contributed by atoms with E-state index in [0.717, 1.165) is 11.8 Å². The van der Waals surface area contributed by atoms with Crippen molar-refractivity contribution in [3.05, 3.63) is 59.4 Å². The fraction of sp³-hybridized carbons (Fsp3) is 0.0714. The molecule has 0 radical (unpaired) electrons. The molecule has 2 aromatic carbocycles. The molecule has 90 valence electrons. The highest BCUT2D eigenvalue weighted by Crippen LogP contribution is 2.16. The number of hydrogen-bond donors (Lipinski definition) is 2. The average molecular weight is 242 g/mol. The lowest BCUT2D eigenvalue weighted by Crippen LogP contribution is -1.99. The van der Waals surface area contributed by atoms with Crippen LogP contribution in [0.25, 0.3) is 0 Å². The Balaban J connectivity index is 2.04. The molecule has 0 saturated carbocycles. The molecule has 0 bridgehead atoms. The van der Waals surface area contributed by atoms with Crippen molar-refractivity contribution in [2.45, 2.75) is 6.54 Å². The molecule has 0 amide bonds. The molecule has 2 aromatic rings. The van der Waals surface area contributed by atoms with Gasteiger partial charge < -0.3 is 10.4 Å². The Kier molecular flexibility index (Phi) is 3.44. The number of phenols is 1. The summed E-state index contributed by atoms with van der Waals surface area (Å²) in [4.78, 5) is 0. The second kappa shape index (κ2) is 5.19. The fourth-order valence-electron chi connectivity index (χ4n) is 1.60. The number of nitrogens with zero attached hydrogens (tertiary/aromatic N) is 1. The SMILES string of the molecule is N#Cc1ccc(NCc2cc(O)cc(F)c2)cc1. The van der Waals surface area contributed by atoms with Gasteiger partial charge in [-0.15, -0.1) is 0 Å². The third kappa shape index (κ3) is 2.98. The van der Waals surface area contributed by atoms with Crippen LogP contribution >= 0.6 is 0 Å². The Morgan fingerprint density at radius 3 is 2.50 bits per heavy atom. The minimum absolute atomic E-state index is 0.0911. The molecular weight excluding hydrogens is 231 g/mol. The predicted molar refractivity (Wildman–Crippen MR) is 66.5 cm³/mol. The van der Waals surface area contributed by atoms with Crippen LogP contribution in [-0.2, 0) is 6.54 Å². The molecule has 0 unspecified atom stereocenters. The van der Waals surface area contributed by atoms with Gasteiger partial charge in [0.1, 0.15) is 11.6 Å². The summed E-state index contributed by atoms with van der Waals surface area (Å²) in [5.74, 6) is -0.557. The first-order chi connectivity index (χ1) is 8.67. The topological polar surface area (TPSA) is 56.0 Å². The zero-order chi connectivity index (χ0) is 13.0. The molecule has 4 heteroatoms. The number of anilines is 1. The maximum atomic E-state index is 13.0. The first kappa shape index (κ1) is 11.9. The van der Waals surface area contributed by atoms with Crippen LogP contribution in [0, 0.1) is 17.1 Å². The molecule has 0 aliphatic heterocycles. The summed E-state index contributed by atoms with van der Waals surface area (Å²) < 4.78 is 13.0. The van der Waals surface area contributed by atoms with Crippen molar-refractivity contribution in [1.29, 1.82) is 5.26 Å². The maximum Gasteiger partial charge on any atom is 0.127 e. The standard InChI is InChI=1S/C14H11FN2O/c15-12-5-11(6-14(18)7-12)9-17-13-3-1-10(8-16)2-4-13/h1-7,17-18H,9H2. The monoisotopic (exact) mass is 242 g/mol. The summed E-state index contributed by atoms with van der Waals surface area (Å²) >= 11 is 0. The van der Waals surface area contributed by atoms with E-state index in [0.29, 0.717) is 17.7 Å². The Bertz CT molecular complexity index is 567. The van der Waals surface area contributed by atoms with Crippen LogP contribution in [0.15, 0.2) is 42.5 Å². The molecule has 3 nitrogen and oxygen atoms in total. The lowest BCUT2D eigenvalue weighted by atomic mass is 10.2. The second-order valence-electron chi connectivity index (χ2n) is 3.86. The number of hydrogen-bond acceptors (Lipinski definition) is 3. The first-order valence-corrected chi connectivity index (χ1v) is 5.40. The van der Waals surface area contributed by atoms with E-state index in [9.17, 15) is 9.50 Å². The van der Waals surface area contributed by atoms with Crippen LogP contribution in [0.3, 0.4) is 0 Å². The molecule has 0 aliphatic rings. The molecule has 0 aromatic heterocycles. The van der Waals surface area contributed by atoms with Gasteiger partial charge in [-0.05, 0) is 42.0 Å². The van der Waals surface area contributed by atoms with E-state index in [2.05, 4.69) is 5.32 Å². The average Bonchev–Trinajstić information content (AvgIpc) is 2.36. The highest BCUT2D eigenvalue weighted by atomic mass is 19.1. The van der Waals surface area contributed by atoms with Crippen molar-refractivity contribution in [2.24, 2.45) is 0 Å². The summed E-state index contributed by atoms with van der Waals surface area (Å²) in [6.45, 7) is 0.400. The van der Waals surface area contributed by atoms with Crippen molar-refractivity contribution in [3.8, 4) is 11.8 Å². The normalized spacial score (nSPS) is 9.78. The summed E-state index contributed by atoms with van der Waals surface area (Å²) in [5, 5.41) is 21.0. The van der Waals surface area contributed by atoms with E-state index in [1.807, 2.05) is 6.07 Å². The van der Waals surface area contributed by atoms with Gasteiger partial charge in [-0.2, -0.15) is 5.26 Å². The number of nitrogens with one attached hydrogen (secondary N) is 1. The van der Waals surface area contributed by atoms with Crippen LogP contribution in [0.2, 0.25) is 0 Å². The predicted octanol–water partition coefficient (Wildman–Crippen LogP) is 3.02. The minimum atomic E-state index is -0.466. The van der Waals surface area contributed by atoms with Crippen LogP contribution in [0.5, 0.6) is 5.75 Å². The van der Waals surface area contributed by atoms with Crippen LogP contribution in [-0.4, -0.2) is 5.11 Å². The Morgan fingerprint density at radius 2 is 1.89 bits per heavy atom. The third-order valence-electron chi connectivity index (χ3n) is 2.45. The maximum absolute atomic E-state index is 13.0. The van der Waals surface area contributed by atoms with Gasteiger partial charge in [0.15, 0.2) is 0 Å². The molecule has 0 saturated heterocycles. The number of benzene rings is 2. The molecule has 2 rings (SSSR count). The Hall–Kier alpha value is -2.54. The Morgan fingerprint density at radius 1 is 1.17 bits per heavy atom. The zero-order valence-electron chi connectivity index (χ0n) is 9.52. The molecular formula is C14H11FN2O. The minimum Gasteiger partial charge on any atom is -0.508 e. The summed E-state index contributed by atoms with van der Waals surface area (Å²) in [6.07, 6.45) is 0. The van der Waals surface area contributed by atoms with Crippen molar-refractivity contribution in [2.75, 3.05) is 5.32 Å². The van der Waals surface area contributed by atoms with Gasteiger partial charge in [0.25, 0.3) is 0 Å². The highest BCUT2D eigenvalue weighted by molar-refractivity contribution is 5.47. The molecule has 0 atom stereocenters. The summed E-state index contributed by atoms with van der Waals surface area (Å²) in [5.41, 5.74) is 2.07. The van der Waals surface area contributed by atoms with Gasteiger partial charge in [-0.3, -0.25) is 0 Å². The van der Waals surface area contributed by atoms with E-state index in [1.165, 1.54) is 12.1 Å². The quantitative estimate of drug-likeness (QED) is 0.869. The molecule has 18 heavy (non-hydrogen) atoms. The molecule has 0 fully saturated rings. The van der Waals surface area contributed by atoms with Crippen molar-refractivity contribution in [3.63, 3.8) is 0 Å². The second-order valence-corrected chi connectivity index (χ2v) is 3.86. The van der Waals surface area contributed by atoms with E-state index in [4.69, 9.17) is 5.26 Å². The number of aromatic hydroxyl groups is 1. The lowest BCUT2D eigenvalue weighted by Gasteiger charge is -2.07. The van der Waals surface area contributed by atoms with Gasteiger partial charge >= 0.3 is 0 Å². The van der Waals surface area contributed by atoms with Crippen molar-refractivity contribution < 1.29 is 9.50 Å². The summed E-state index contributed by atoms with van der Waals surface area (Å²) in [7, 11) is 0. The molecule has 0 heterocycles. The van der Waals surface area contributed by atoms with E-state index in [-0.39, 0.29) is 5.75 Å². The van der Waals surface area contributed by atoms with Gasteiger partial charge in [0.2, 0.25) is 0 Å². The molecule has 0 spiro atoms. The van der Waals surface area contributed by atoms with E-state index < -0.39 is 5.82 Å². The van der Waals surface area contributed by atoms with Crippen LogP contribution in [0.4, 0.5) is 10.1 Å². The van der Waals surface area contributed by atoms with Crippen molar-refractivity contribution >= 4 is 5.69 Å². The van der Waals surface area contributed by atoms with Gasteiger partial charge in [-0.25, -0.2) is 4.39 Å². The number of nitriles is 1. The first-order valence-electron chi connectivity index (χ1n) is 5.40. The van der Waals surface area contributed by atoms with Gasteiger partial charge in [0.05, 0.1) is 11.6 Å². The largest absolute Gasteiger partial charge is 0.508 e.